The van der Waals surface area contributed by atoms with Crippen molar-refractivity contribution in [3.8, 4) is 11.5 Å². The standard InChI is InChI=1S/C27H33N5O2/c1-5-15-28-25(33)30-21-8-6-7-19(9-11-21)17-29-26-32-31-24(34-26)20-10-12-23-22(16-20)18(2)13-14-27(23,3)4/h5-6,8-12,16,18H,1,7,13-15,17H2,2-4H3,(H,29,32)(H2,28,30,33). The van der Waals surface area contributed by atoms with Crippen LogP contribution in [0.1, 0.15) is 57.1 Å². The lowest BCUT2D eigenvalue weighted by Gasteiger charge is -2.36. The van der Waals surface area contributed by atoms with Crippen molar-refractivity contribution in [2.24, 2.45) is 0 Å². The monoisotopic (exact) mass is 459 g/mol. The van der Waals surface area contributed by atoms with Gasteiger partial charge in [-0.25, -0.2) is 4.79 Å². The van der Waals surface area contributed by atoms with Crippen LogP contribution in [0.2, 0.25) is 0 Å². The van der Waals surface area contributed by atoms with Crippen molar-refractivity contribution in [2.45, 2.75) is 51.4 Å². The third-order valence-electron chi connectivity index (χ3n) is 6.49. The molecule has 0 spiro atoms. The van der Waals surface area contributed by atoms with E-state index in [1.165, 1.54) is 24.0 Å². The first-order chi connectivity index (χ1) is 16.4. The van der Waals surface area contributed by atoms with Crippen LogP contribution in [0.15, 0.2) is 70.8 Å². The van der Waals surface area contributed by atoms with E-state index in [4.69, 9.17) is 4.42 Å². The number of nitrogens with one attached hydrogen (secondary N) is 3. The van der Waals surface area contributed by atoms with Crippen LogP contribution < -0.4 is 16.0 Å². The Labute approximate surface area is 201 Å². The van der Waals surface area contributed by atoms with E-state index >= 15 is 0 Å². The summed E-state index contributed by atoms with van der Waals surface area (Å²) in [6.45, 7) is 11.5. The lowest BCUT2D eigenvalue weighted by Crippen LogP contribution is -2.34. The quantitative estimate of drug-likeness (QED) is 0.470. The Morgan fingerprint density at radius 2 is 2.15 bits per heavy atom. The second kappa shape index (κ2) is 10.1. The number of hydrogen-bond donors (Lipinski definition) is 3. The van der Waals surface area contributed by atoms with Crippen LogP contribution in [0, 0.1) is 0 Å². The number of rotatable bonds is 7. The third-order valence-corrected chi connectivity index (χ3v) is 6.49. The molecule has 2 aliphatic rings. The van der Waals surface area contributed by atoms with Gasteiger partial charge in [0.25, 0.3) is 0 Å². The van der Waals surface area contributed by atoms with Crippen LogP contribution in [0.25, 0.3) is 11.5 Å². The molecule has 0 fully saturated rings. The molecule has 0 saturated heterocycles. The largest absolute Gasteiger partial charge is 0.403 e. The van der Waals surface area contributed by atoms with Gasteiger partial charge in [-0.05, 0) is 71.6 Å². The van der Waals surface area contributed by atoms with Crippen LogP contribution in [0.3, 0.4) is 0 Å². The molecular weight excluding hydrogens is 426 g/mol. The predicted octanol–water partition coefficient (Wildman–Crippen LogP) is 5.58. The summed E-state index contributed by atoms with van der Waals surface area (Å²) in [7, 11) is 0. The third kappa shape index (κ3) is 5.47. The minimum atomic E-state index is -0.260. The maximum Gasteiger partial charge on any atom is 0.319 e. The van der Waals surface area contributed by atoms with Gasteiger partial charge in [-0.15, -0.1) is 11.7 Å². The van der Waals surface area contributed by atoms with E-state index in [1.807, 2.05) is 24.3 Å². The summed E-state index contributed by atoms with van der Waals surface area (Å²) >= 11 is 0. The maximum atomic E-state index is 11.8. The second-order valence-electron chi connectivity index (χ2n) is 9.57. The number of anilines is 1. The molecular formula is C27H33N5O2. The smallest absolute Gasteiger partial charge is 0.319 e. The predicted molar refractivity (Wildman–Crippen MR) is 136 cm³/mol. The van der Waals surface area contributed by atoms with E-state index < -0.39 is 0 Å². The SMILES string of the molecule is C=CCNC(=O)NC1=CC=C(CNc2nnc(-c3ccc4c(c3)C(C)CCC4(C)C)o2)CC=C1. The second-order valence-corrected chi connectivity index (χ2v) is 9.57. The Hall–Kier alpha value is -3.61. The van der Waals surface area contributed by atoms with E-state index in [0.717, 1.165) is 23.3 Å². The Balaban J connectivity index is 1.39. The summed E-state index contributed by atoms with van der Waals surface area (Å²) < 4.78 is 5.91. The van der Waals surface area contributed by atoms with Crippen molar-refractivity contribution in [3.63, 3.8) is 0 Å². The minimum absolute atomic E-state index is 0.196. The van der Waals surface area contributed by atoms with Gasteiger partial charge >= 0.3 is 12.0 Å². The molecule has 2 aromatic rings. The molecule has 2 amide bonds. The molecule has 1 aromatic carbocycles. The van der Waals surface area contributed by atoms with E-state index in [-0.39, 0.29) is 11.4 Å². The highest BCUT2D eigenvalue weighted by molar-refractivity contribution is 5.76. The number of benzene rings is 1. The fourth-order valence-electron chi connectivity index (χ4n) is 4.41. The summed E-state index contributed by atoms with van der Waals surface area (Å²) in [6, 6.07) is 6.64. The molecule has 0 radical (unpaired) electrons. The molecule has 0 saturated carbocycles. The molecule has 3 N–H and O–H groups in total. The first kappa shape index (κ1) is 23.5. The molecule has 2 aliphatic carbocycles. The number of fused-ring (bicyclic) bond motifs is 1. The average molecular weight is 460 g/mol. The molecule has 7 heteroatoms. The van der Waals surface area contributed by atoms with Gasteiger partial charge in [-0.3, -0.25) is 0 Å². The van der Waals surface area contributed by atoms with Crippen LogP contribution >= 0.6 is 0 Å². The molecule has 1 unspecified atom stereocenters. The topological polar surface area (TPSA) is 92.1 Å². The maximum absolute atomic E-state index is 11.8. The molecule has 178 valence electrons. The Bertz CT molecular complexity index is 1160. The molecule has 0 bridgehead atoms. The van der Waals surface area contributed by atoms with E-state index in [0.29, 0.717) is 30.9 Å². The Morgan fingerprint density at radius 3 is 2.97 bits per heavy atom. The number of aromatic nitrogens is 2. The zero-order chi connectivity index (χ0) is 24.1. The lowest BCUT2D eigenvalue weighted by molar-refractivity contribution is 0.244. The highest BCUT2D eigenvalue weighted by Crippen LogP contribution is 2.43. The number of allylic oxidation sites excluding steroid dienone is 4. The zero-order valence-electron chi connectivity index (χ0n) is 20.1. The molecule has 4 rings (SSSR count). The Kier molecular flexibility index (Phi) is 7.01. The number of amides is 2. The molecule has 1 heterocycles. The van der Waals surface area contributed by atoms with Gasteiger partial charge in [0.05, 0.1) is 0 Å². The van der Waals surface area contributed by atoms with Gasteiger partial charge in [-0.2, -0.15) is 0 Å². The van der Waals surface area contributed by atoms with Crippen molar-refractivity contribution in [2.75, 3.05) is 18.4 Å². The molecule has 0 aliphatic heterocycles. The summed E-state index contributed by atoms with van der Waals surface area (Å²) in [5, 5.41) is 17.2. The molecule has 7 nitrogen and oxygen atoms in total. The highest BCUT2D eigenvalue weighted by atomic mass is 16.4. The fraction of sp³-hybridized carbons (Fsp3) is 0.370. The minimum Gasteiger partial charge on any atom is -0.403 e. The van der Waals surface area contributed by atoms with Crippen molar-refractivity contribution >= 4 is 12.0 Å². The average Bonchev–Trinajstić information content (AvgIpc) is 3.19. The van der Waals surface area contributed by atoms with Gasteiger partial charge in [-0.1, -0.05) is 50.2 Å². The highest BCUT2D eigenvalue weighted by Gasteiger charge is 2.31. The summed E-state index contributed by atoms with van der Waals surface area (Å²) in [5.74, 6) is 1.05. The van der Waals surface area contributed by atoms with Gasteiger partial charge in [0.15, 0.2) is 0 Å². The molecule has 34 heavy (non-hydrogen) atoms. The van der Waals surface area contributed by atoms with Crippen molar-refractivity contribution < 1.29 is 9.21 Å². The summed E-state index contributed by atoms with van der Waals surface area (Å²) in [5.41, 5.74) is 5.80. The summed E-state index contributed by atoms with van der Waals surface area (Å²) in [4.78, 5) is 11.8. The number of urea groups is 1. The van der Waals surface area contributed by atoms with Gasteiger partial charge < -0.3 is 20.4 Å². The number of hydrogen-bond acceptors (Lipinski definition) is 5. The molecule has 1 atom stereocenters. The van der Waals surface area contributed by atoms with Crippen molar-refractivity contribution in [3.05, 3.63) is 77.6 Å². The normalized spacial score (nSPS) is 18.7. The zero-order valence-corrected chi connectivity index (χ0v) is 20.1. The summed E-state index contributed by atoms with van der Waals surface area (Å²) in [6.07, 6.45) is 12.5. The van der Waals surface area contributed by atoms with Gasteiger partial charge in [0.2, 0.25) is 5.89 Å². The van der Waals surface area contributed by atoms with Crippen LogP contribution in [-0.4, -0.2) is 29.3 Å². The van der Waals surface area contributed by atoms with Crippen LogP contribution in [0.4, 0.5) is 10.8 Å². The Morgan fingerprint density at radius 1 is 1.29 bits per heavy atom. The van der Waals surface area contributed by atoms with E-state index in [9.17, 15) is 4.79 Å². The van der Waals surface area contributed by atoms with Gasteiger partial charge in [0.1, 0.15) is 0 Å². The first-order valence-electron chi connectivity index (χ1n) is 11.8. The van der Waals surface area contributed by atoms with Crippen molar-refractivity contribution in [1.82, 2.24) is 20.8 Å². The fourth-order valence-corrected chi connectivity index (χ4v) is 4.41. The van der Waals surface area contributed by atoms with E-state index in [2.05, 4.69) is 71.7 Å². The van der Waals surface area contributed by atoms with Gasteiger partial charge in [0, 0.05) is 24.4 Å². The number of carbonyl (C=O) groups is 1. The lowest BCUT2D eigenvalue weighted by atomic mass is 9.69. The van der Waals surface area contributed by atoms with E-state index in [1.54, 1.807) is 6.08 Å². The van der Waals surface area contributed by atoms with Crippen LogP contribution in [-0.2, 0) is 5.41 Å². The van der Waals surface area contributed by atoms with Crippen LogP contribution in [0.5, 0.6) is 0 Å². The number of nitrogens with zero attached hydrogens (tertiary/aromatic N) is 2. The molecule has 1 aromatic heterocycles. The first-order valence-corrected chi connectivity index (χ1v) is 11.8. The van der Waals surface area contributed by atoms with Crippen molar-refractivity contribution in [1.29, 1.82) is 0 Å². The number of carbonyl (C=O) groups excluding carboxylic acids is 1.